The highest BCUT2D eigenvalue weighted by Gasteiger charge is 2.28. The zero-order valence-electron chi connectivity index (χ0n) is 10.3. The molecule has 0 spiro atoms. The number of nitrogens with two attached hydrogens (primary N) is 1. The van der Waals surface area contributed by atoms with Gasteiger partial charge >= 0.3 is 0 Å². The Kier molecular flexibility index (Phi) is 3.68. The van der Waals surface area contributed by atoms with Crippen molar-refractivity contribution in [2.45, 2.75) is 40.2 Å². The van der Waals surface area contributed by atoms with Crippen LogP contribution in [0, 0.1) is 24.0 Å². The third kappa shape index (κ3) is 2.40. The van der Waals surface area contributed by atoms with E-state index in [4.69, 9.17) is 5.73 Å². The molecule has 1 rings (SSSR count). The second-order valence-electron chi connectivity index (χ2n) is 4.94. The second-order valence-corrected chi connectivity index (χ2v) is 4.94. The van der Waals surface area contributed by atoms with Crippen LogP contribution >= 0.6 is 0 Å². The van der Waals surface area contributed by atoms with Crippen molar-refractivity contribution >= 4 is 0 Å². The molecule has 0 aliphatic heterocycles. The Labute approximate surface area is 95.7 Å². The molecule has 0 saturated carbocycles. The van der Waals surface area contributed by atoms with Crippen LogP contribution in [0.3, 0.4) is 0 Å². The zero-order valence-corrected chi connectivity index (χ0v) is 10.3. The summed E-state index contributed by atoms with van der Waals surface area (Å²) in [6.45, 7) is 7.59. The summed E-state index contributed by atoms with van der Waals surface area (Å²) in [6, 6.07) is 2.00. The molecule has 0 amide bonds. The maximum Gasteiger partial charge on any atom is 0.130 e. The summed E-state index contributed by atoms with van der Waals surface area (Å²) >= 11 is 0. The standard InChI is InChI=1S/C13H19F2N/c1-5-13(3,4)12(16)9-6-8(2)10(14)7-11(9)15/h6-7,12H,5,16H2,1-4H3. The van der Waals surface area contributed by atoms with E-state index in [1.54, 1.807) is 6.92 Å². The van der Waals surface area contributed by atoms with E-state index in [0.717, 1.165) is 12.5 Å². The van der Waals surface area contributed by atoms with Crippen molar-refractivity contribution in [2.75, 3.05) is 0 Å². The van der Waals surface area contributed by atoms with E-state index in [-0.39, 0.29) is 5.41 Å². The van der Waals surface area contributed by atoms with E-state index in [1.807, 2.05) is 20.8 Å². The summed E-state index contributed by atoms with van der Waals surface area (Å²) in [5.41, 5.74) is 6.66. The van der Waals surface area contributed by atoms with Gasteiger partial charge in [0.15, 0.2) is 0 Å². The highest BCUT2D eigenvalue weighted by atomic mass is 19.1. The Morgan fingerprint density at radius 2 is 1.81 bits per heavy atom. The van der Waals surface area contributed by atoms with Crippen LogP contribution in [0.2, 0.25) is 0 Å². The van der Waals surface area contributed by atoms with Gasteiger partial charge in [0.1, 0.15) is 11.6 Å². The molecule has 1 nitrogen and oxygen atoms in total. The van der Waals surface area contributed by atoms with Gasteiger partial charge < -0.3 is 5.73 Å². The summed E-state index contributed by atoms with van der Waals surface area (Å²) < 4.78 is 26.7. The van der Waals surface area contributed by atoms with Gasteiger partial charge in [-0.15, -0.1) is 0 Å². The predicted octanol–water partition coefficient (Wildman–Crippen LogP) is 3.71. The minimum absolute atomic E-state index is 0.203. The fraction of sp³-hybridized carbons (Fsp3) is 0.538. The SMILES string of the molecule is CCC(C)(C)C(N)c1cc(C)c(F)cc1F. The topological polar surface area (TPSA) is 26.0 Å². The van der Waals surface area contributed by atoms with Crippen LogP contribution in [0.15, 0.2) is 12.1 Å². The van der Waals surface area contributed by atoms with Crippen LogP contribution in [-0.2, 0) is 0 Å². The second kappa shape index (κ2) is 4.50. The summed E-state index contributed by atoms with van der Waals surface area (Å²) in [7, 11) is 0. The molecule has 2 N–H and O–H groups in total. The van der Waals surface area contributed by atoms with E-state index >= 15 is 0 Å². The molecule has 0 aliphatic rings. The first kappa shape index (κ1) is 13.1. The van der Waals surface area contributed by atoms with Gasteiger partial charge in [0.2, 0.25) is 0 Å². The Morgan fingerprint density at radius 3 is 2.31 bits per heavy atom. The van der Waals surface area contributed by atoms with Gasteiger partial charge in [-0.1, -0.05) is 20.8 Å². The molecule has 1 aromatic carbocycles. The predicted molar refractivity (Wildman–Crippen MR) is 62.1 cm³/mol. The fourth-order valence-corrected chi connectivity index (χ4v) is 1.56. The highest BCUT2D eigenvalue weighted by molar-refractivity contribution is 5.29. The molecule has 16 heavy (non-hydrogen) atoms. The van der Waals surface area contributed by atoms with Crippen molar-refractivity contribution in [3.63, 3.8) is 0 Å². The summed E-state index contributed by atoms with van der Waals surface area (Å²) in [5, 5.41) is 0. The highest BCUT2D eigenvalue weighted by Crippen LogP contribution is 2.35. The van der Waals surface area contributed by atoms with Crippen molar-refractivity contribution in [1.82, 2.24) is 0 Å². The maximum absolute atomic E-state index is 13.6. The average Bonchev–Trinajstić information content (AvgIpc) is 2.22. The zero-order chi connectivity index (χ0) is 12.5. The molecule has 0 bridgehead atoms. The van der Waals surface area contributed by atoms with Crippen molar-refractivity contribution in [3.8, 4) is 0 Å². The number of benzene rings is 1. The molecule has 3 heteroatoms. The maximum atomic E-state index is 13.6. The van der Waals surface area contributed by atoms with Gasteiger partial charge in [0.25, 0.3) is 0 Å². The van der Waals surface area contributed by atoms with Crippen LogP contribution in [0.1, 0.15) is 44.4 Å². The molecule has 0 heterocycles. The number of rotatable bonds is 3. The summed E-state index contributed by atoms with van der Waals surface area (Å²) in [4.78, 5) is 0. The third-order valence-corrected chi connectivity index (χ3v) is 3.37. The van der Waals surface area contributed by atoms with Crippen molar-refractivity contribution in [2.24, 2.45) is 11.1 Å². The van der Waals surface area contributed by atoms with E-state index < -0.39 is 17.7 Å². The lowest BCUT2D eigenvalue weighted by atomic mass is 9.78. The van der Waals surface area contributed by atoms with E-state index in [2.05, 4.69) is 0 Å². The fourth-order valence-electron chi connectivity index (χ4n) is 1.56. The molecule has 0 saturated heterocycles. The Balaban J connectivity index is 3.19. The molecule has 90 valence electrons. The average molecular weight is 227 g/mol. The van der Waals surface area contributed by atoms with Gasteiger partial charge in [-0.3, -0.25) is 0 Å². The van der Waals surface area contributed by atoms with Gasteiger partial charge in [-0.2, -0.15) is 0 Å². The number of hydrogen-bond acceptors (Lipinski definition) is 1. The molecule has 0 aliphatic carbocycles. The smallest absolute Gasteiger partial charge is 0.130 e. The van der Waals surface area contributed by atoms with Crippen LogP contribution in [0.5, 0.6) is 0 Å². The minimum Gasteiger partial charge on any atom is -0.323 e. The first-order chi connectivity index (χ1) is 7.29. The van der Waals surface area contributed by atoms with Crippen LogP contribution < -0.4 is 5.73 Å². The minimum atomic E-state index is -0.558. The van der Waals surface area contributed by atoms with Gasteiger partial charge in [-0.05, 0) is 30.4 Å². The number of aryl methyl sites for hydroxylation is 1. The largest absolute Gasteiger partial charge is 0.323 e. The van der Waals surface area contributed by atoms with Gasteiger partial charge in [-0.25, -0.2) is 8.78 Å². The normalized spacial score (nSPS) is 13.9. The Morgan fingerprint density at radius 1 is 1.25 bits per heavy atom. The molecular weight excluding hydrogens is 208 g/mol. The van der Waals surface area contributed by atoms with Crippen molar-refractivity contribution < 1.29 is 8.78 Å². The number of halogens is 2. The van der Waals surface area contributed by atoms with Crippen LogP contribution in [0.25, 0.3) is 0 Å². The van der Waals surface area contributed by atoms with Crippen molar-refractivity contribution in [1.29, 1.82) is 0 Å². The Bertz CT molecular complexity index is 386. The first-order valence-electron chi connectivity index (χ1n) is 5.50. The van der Waals surface area contributed by atoms with E-state index in [9.17, 15) is 8.78 Å². The lowest BCUT2D eigenvalue weighted by molar-refractivity contribution is 0.272. The first-order valence-corrected chi connectivity index (χ1v) is 5.50. The molecule has 1 atom stereocenters. The molecule has 1 unspecified atom stereocenters. The lowest BCUT2D eigenvalue weighted by Gasteiger charge is -2.31. The molecular formula is C13H19F2N. The third-order valence-electron chi connectivity index (χ3n) is 3.37. The molecule has 0 fully saturated rings. The van der Waals surface area contributed by atoms with E-state index in [1.165, 1.54) is 6.07 Å². The lowest BCUT2D eigenvalue weighted by Crippen LogP contribution is -2.29. The number of hydrogen-bond donors (Lipinski definition) is 1. The molecule has 0 radical (unpaired) electrons. The summed E-state index contributed by atoms with van der Waals surface area (Å²) in [5.74, 6) is -1.08. The van der Waals surface area contributed by atoms with E-state index in [0.29, 0.717) is 11.1 Å². The monoisotopic (exact) mass is 227 g/mol. The van der Waals surface area contributed by atoms with Gasteiger partial charge in [0, 0.05) is 17.7 Å². The Hall–Kier alpha value is -0.960. The quantitative estimate of drug-likeness (QED) is 0.837. The van der Waals surface area contributed by atoms with Crippen LogP contribution in [0.4, 0.5) is 8.78 Å². The molecule has 0 aromatic heterocycles. The molecule has 1 aromatic rings. The van der Waals surface area contributed by atoms with Crippen molar-refractivity contribution in [3.05, 3.63) is 34.9 Å². The summed E-state index contributed by atoms with van der Waals surface area (Å²) in [6.07, 6.45) is 0.837. The van der Waals surface area contributed by atoms with Gasteiger partial charge in [0.05, 0.1) is 0 Å². The van der Waals surface area contributed by atoms with Crippen LogP contribution in [-0.4, -0.2) is 0 Å².